The molecule has 0 saturated carbocycles. The molecule has 3 aromatic rings. The first-order valence-electron chi connectivity index (χ1n) is 8.39. The fourth-order valence-corrected chi connectivity index (χ4v) is 3.31. The van der Waals surface area contributed by atoms with E-state index in [1.165, 1.54) is 0 Å². The fourth-order valence-electron chi connectivity index (χ4n) is 3.31. The normalized spacial score (nSPS) is 13.3. The molecule has 0 saturated heterocycles. The topological polar surface area (TPSA) is 75.4 Å². The average Bonchev–Trinajstić information content (AvgIpc) is 3.08. The number of aromatic nitrogens is 2. The van der Waals surface area contributed by atoms with Gasteiger partial charge in [-0.25, -0.2) is 9.48 Å². The molecule has 0 bridgehead atoms. The Kier molecular flexibility index (Phi) is 4.01. The average molecular weight is 347 g/mol. The first-order valence-corrected chi connectivity index (χ1v) is 8.39. The summed E-state index contributed by atoms with van der Waals surface area (Å²) in [6.45, 7) is 0.774. The second kappa shape index (κ2) is 6.48. The van der Waals surface area contributed by atoms with Gasteiger partial charge in [0.25, 0.3) is 5.91 Å². The van der Waals surface area contributed by atoms with Crippen LogP contribution in [0.3, 0.4) is 0 Å². The van der Waals surface area contributed by atoms with Gasteiger partial charge < -0.3 is 10.0 Å². The summed E-state index contributed by atoms with van der Waals surface area (Å²) in [4.78, 5) is 26.1. The lowest BCUT2D eigenvalue weighted by Crippen LogP contribution is -2.36. The van der Waals surface area contributed by atoms with Crippen LogP contribution in [0, 0.1) is 0 Å². The maximum atomic E-state index is 12.7. The second-order valence-electron chi connectivity index (χ2n) is 6.17. The molecule has 1 aliphatic rings. The molecule has 6 nitrogen and oxygen atoms in total. The van der Waals surface area contributed by atoms with Crippen LogP contribution in [-0.4, -0.2) is 38.2 Å². The van der Waals surface area contributed by atoms with Crippen molar-refractivity contribution in [3.05, 3.63) is 83.2 Å². The Hall–Kier alpha value is -3.41. The Balaban J connectivity index is 1.72. The molecule has 2 aromatic carbocycles. The quantitative estimate of drug-likeness (QED) is 0.790. The van der Waals surface area contributed by atoms with Crippen LogP contribution in [0.2, 0.25) is 0 Å². The smallest absolute Gasteiger partial charge is 0.356 e. The molecule has 6 heteroatoms. The molecule has 0 spiro atoms. The van der Waals surface area contributed by atoms with E-state index in [1.807, 2.05) is 48.5 Å². The highest BCUT2D eigenvalue weighted by Crippen LogP contribution is 2.26. The highest BCUT2D eigenvalue weighted by molar-refractivity contribution is 5.94. The number of hydrogen-bond acceptors (Lipinski definition) is 3. The molecule has 26 heavy (non-hydrogen) atoms. The third-order valence-corrected chi connectivity index (χ3v) is 4.57. The zero-order valence-corrected chi connectivity index (χ0v) is 14.0. The molecule has 130 valence electrons. The van der Waals surface area contributed by atoms with E-state index < -0.39 is 5.97 Å². The van der Waals surface area contributed by atoms with Gasteiger partial charge >= 0.3 is 5.97 Å². The highest BCUT2D eigenvalue weighted by Gasteiger charge is 2.30. The van der Waals surface area contributed by atoms with E-state index in [0.717, 1.165) is 11.4 Å². The third kappa shape index (κ3) is 2.75. The lowest BCUT2D eigenvalue weighted by molar-refractivity contribution is 0.0674. The third-order valence-electron chi connectivity index (χ3n) is 4.57. The molecule has 4 rings (SSSR count). The van der Waals surface area contributed by atoms with E-state index in [4.69, 9.17) is 0 Å². The van der Waals surface area contributed by atoms with Gasteiger partial charge in [0, 0.05) is 24.1 Å². The summed E-state index contributed by atoms with van der Waals surface area (Å²) in [7, 11) is 0. The summed E-state index contributed by atoms with van der Waals surface area (Å²) in [6, 6.07) is 18.5. The molecule has 1 N–H and O–H groups in total. The van der Waals surface area contributed by atoms with Crippen LogP contribution < -0.4 is 0 Å². The summed E-state index contributed by atoms with van der Waals surface area (Å²) >= 11 is 0. The van der Waals surface area contributed by atoms with E-state index in [0.29, 0.717) is 24.1 Å². The summed E-state index contributed by atoms with van der Waals surface area (Å²) in [6.07, 6.45) is 0.559. The van der Waals surface area contributed by atoms with Gasteiger partial charge in [0.15, 0.2) is 5.69 Å². The van der Waals surface area contributed by atoms with E-state index in [-0.39, 0.29) is 18.1 Å². The number of carboxylic acids is 1. The first-order chi connectivity index (χ1) is 12.6. The molecule has 0 fully saturated rings. The van der Waals surface area contributed by atoms with Crippen molar-refractivity contribution >= 4 is 11.9 Å². The minimum atomic E-state index is -1.08. The summed E-state index contributed by atoms with van der Waals surface area (Å²) in [5.41, 5.74) is 2.89. The van der Waals surface area contributed by atoms with Gasteiger partial charge in [-0.05, 0) is 24.3 Å². The largest absolute Gasteiger partial charge is 0.476 e. The van der Waals surface area contributed by atoms with E-state index in [9.17, 15) is 14.7 Å². The van der Waals surface area contributed by atoms with Gasteiger partial charge in [-0.15, -0.1) is 0 Å². The number of carbonyl (C=O) groups excluding carboxylic acids is 1. The SMILES string of the molecule is O=C(O)c1nn(-c2ccccc2)c2c1CN(C(=O)c1ccccc1)CC2. The maximum absolute atomic E-state index is 12.7. The maximum Gasteiger partial charge on any atom is 0.356 e. The molecule has 0 atom stereocenters. The van der Waals surface area contributed by atoms with Crippen molar-refractivity contribution in [1.82, 2.24) is 14.7 Å². The predicted octanol–water partition coefficient (Wildman–Crippen LogP) is 2.77. The Morgan fingerprint density at radius 1 is 0.962 bits per heavy atom. The molecule has 2 heterocycles. The summed E-state index contributed by atoms with van der Waals surface area (Å²) in [5.74, 6) is -1.18. The molecule has 1 amide bonds. The molecule has 0 aliphatic carbocycles. The first kappa shape index (κ1) is 16.1. The van der Waals surface area contributed by atoms with Crippen molar-refractivity contribution in [2.45, 2.75) is 13.0 Å². The van der Waals surface area contributed by atoms with Gasteiger partial charge in [0.2, 0.25) is 0 Å². The minimum Gasteiger partial charge on any atom is -0.476 e. The van der Waals surface area contributed by atoms with Crippen molar-refractivity contribution in [3.63, 3.8) is 0 Å². The van der Waals surface area contributed by atoms with Crippen LogP contribution in [0.25, 0.3) is 5.69 Å². The monoisotopic (exact) mass is 347 g/mol. The van der Waals surface area contributed by atoms with Crippen LogP contribution in [0.5, 0.6) is 0 Å². The number of benzene rings is 2. The Morgan fingerprint density at radius 2 is 1.62 bits per heavy atom. The lowest BCUT2D eigenvalue weighted by Gasteiger charge is -2.27. The van der Waals surface area contributed by atoms with Crippen molar-refractivity contribution in [2.75, 3.05) is 6.54 Å². The number of carbonyl (C=O) groups is 2. The summed E-state index contributed by atoms with van der Waals surface area (Å²) < 4.78 is 1.68. The number of para-hydroxylation sites is 1. The lowest BCUT2D eigenvalue weighted by atomic mass is 10.0. The van der Waals surface area contributed by atoms with Crippen molar-refractivity contribution in [2.24, 2.45) is 0 Å². The van der Waals surface area contributed by atoms with E-state index in [1.54, 1.807) is 21.7 Å². The standard InChI is InChI=1S/C20H17N3O3/c24-19(14-7-3-1-4-8-14)22-12-11-17-16(13-22)18(20(25)26)21-23(17)15-9-5-2-6-10-15/h1-10H,11-13H2,(H,25,26). The van der Waals surface area contributed by atoms with Crippen molar-refractivity contribution in [3.8, 4) is 5.69 Å². The Morgan fingerprint density at radius 3 is 2.27 bits per heavy atom. The van der Waals surface area contributed by atoms with Crippen molar-refractivity contribution in [1.29, 1.82) is 0 Å². The van der Waals surface area contributed by atoms with E-state index in [2.05, 4.69) is 5.10 Å². The van der Waals surface area contributed by atoms with Gasteiger partial charge in [-0.3, -0.25) is 4.79 Å². The predicted molar refractivity (Wildman–Crippen MR) is 95.4 cm³/mol. The molecular formula is C20H17N3O3. The van der Waals surface area contributed by atoms with Crippen LogP contribution >= 0.6 is 0 Å². The van der Waals surface area contributed by atoms with Crippen molar-refractivity contribution < 1.29 is 14.7 Å². The number of amides is 1. The number of carboxylic acid groups (broad SMARTS) is 1. The highest BCUT2D eigenvalue weighted by atomic mass is 16.4. The van der Waals surface area contributed by atoms with E-state index >= 15 is 0 Å². The zero-order chi connectivity index (χ0) is 18.1. The zero-order valence-electron chi connectivity index (χ0n) is 14.0. The molecule has 0 unspecified atom stereocenters. The van der Waals surface area contributed by atoms with Crippen LogP contribution in [0.1, 0.15) is 32.1 Å². The van der Waals surface area contributed by atoms with Crippen LogP contribution in [0.15, 0.2) is 60.7 Å². The second-order valence-corrected chi connectivity index (χ2v) is 6.17. The molecule has 0 radical (unpaired) electrons. The number of rotatable bonds is 3. The Bertz CT molecular complexity index is 965. The fraction of sp³-hybridized carbons (Fsp3) is 0.150. The van der Waals surface area contributed by atoms with Gasteiger partial charge in [-0.2, -0.15) is 5.10 Å². The summed E-state index contributed by atoms with van der Waals surface area (Å²) in [5, 5.41) is 13.9. The van der Waals surface area contributed by atoms with Gasteiger partial charge in [0.1, 0.15) is 0 Å². The Labute approximate surface area is 150 Å². The molecular weight excluding hydrogens is 330 g/mol. The minimum absolute atomic E-state index is 0.00872. The number of fused-ring (bicyclic) bond motifs is 1. The number of aromatic carboxylic acids is 1. The molecule has 1 aromatic heterocycles. The van der Waals surface area contributed by atoms with Gasteiger partial charge in [-0.1, -0.05) is 36.4 Å². The van der Waals surface area contributed by atoms with Gasteiger partial charge in [0.05, 0.1) is 17.9 Å². The number of nitrogens with zero attached hydrogens (tertiary/aromatic N) is 3. The van der Waals surface area contributed by atoms with Crippen LogP contribution in [-0.2, 0) is 13.0 Å². The molecule has 1 aliphatic heterocycles. The number of hydrogen-bond donors (Lipinski definition) is 1. The van der Waals surface area contributed by atoms with Crippen LogP contribution in [0.4, 0.5) is 0 Å².